The van der Waals surface area contributed by atoms with Crippen LogP contribution in [0.2, 0.25) is 0 Å². The summed E-state index contributed by atoms with van der Waals surface area (Å²) in [6.07, 6.45) is 1.66. The molecule has 138 valence electrons. The molecule has 0 radical (unpaired) electrons. The molecule has 0 unspecified atom stereocenters. The van der Waals surface area contributed by atoms with Crippen molar-refractivity contribution in [1.29, 1.82) is 0 Å². The molecule has 0 aliphatic rings. The average molecular weight is 355 g/mol. The van der Waals surface area contributed by atoms with Gasteiger partial charge in [0.05, 0.1) is 5.56 Å². The fourth-order valence-electron chi connectivity index (χ4n) is 2.49. The Balaban J connectivity index is 1.95. The van der Waals surface area contributed by atoms with E-state index in [0.29, 0.717) is 30.2 Å². The van der Waals surface area contributed by atoms with Gasteiger partial charge < -0.3 is 14.4 Å². The Kier molecular flexibility index (Phi) is 7.21. The summed E-state index contributed by atoms with van der Waals surface area (Å²) in [4.78, 5) is 25.7. The number of hydrogen-bond donors (Lipinski definition) is 0. The summed E-state index contributed by atoms with van der Waals surface area (Å²) >= 11 is 0. The monoisotopic (exact) mass is 355 g/mol. The number of aryl methyl sites for hydroxylation is 1. The molecule has 0 spiro atoms. The molecule has 0 saturated heterocycles. The van der Waals surface area contributed by atoms with Crippen LogP contribution in [0.3, 0.4) is 0 Å². The normalized spacial score (nSPS) is 10.3. The smallest absolute Gasteiger partial charge is 0.415 e. The Morgan fingerprint density at radius 2 is 1.35 bits per heavy atom. The Labute approximate surface area is 154 Å². The second-order valence-electron chi connectivity index (χ2n) is 5.85. The Morgan fingerprint density at radius 3 is 1.85 bits per heavy atom. The zero-order valence-electron chi connectivity index (χ0n) is 15.5. The highest BCUT2D eigenvalue weighted by Crippen LogP contribution is 2.19. The van der Waals surface area contributed by atoms with E-state index in [-0.39, 0.29) is 0 Å². The first-order valence-electron chi connectivity index (χ1n) is 8.95. The zero-order chi connectivity index (χ0) is 18.9. The van der Waals surface area contributed by atoms with Crippen LogP contribution in [0.1, 0.15) is 43.1 Å². The van der Waals surface area contributed by atoms with Crippen molar-refractivity contribution < 1.29 is 19.1 Å². The van der Waals surface area contributed by atoms with Gasteiger partial charge in [0.25, 0.3) is 0 Å². The molecule has 2 aromatic rings. The second-order valence-corrected chi connectivity index (χ2v) is 5.85. The highest BCUT2D eigenvalue weighted by Gasteiger charge is 2.13. The number of ether oxygens (including phenoxy) is 2. The maximum Gasteiger partial charge on any atom is 0.415 e. The molecule has 5 nitrogen and oxygen atoms in total. The number of carbonyl (C=O) groups is 2. The van der Waals surface area contributed by atoms with Crippen LogP contribution in [-0.4, -0.2) is 30.1 Å². The minimum atomic E-state index is -0.416. The molecule has 0 saturated carbocycles. The van der Waals surface area contributed by atoms with Gasteiger partial charge in [0.1, 0.15) is 11.5 Å². The number of benzene rings is 2. The van der Waals surface area contributed by atoms with Gasteiger partial charge in [0.2, 0.25) is 0 Å². The van der Waals surface area contributed by atoms with E-state index in [1.807, 2.05) is 26.0 Å². The van der Waals surface area contributed by atoms with Crippen molar-refractivity contribution in [1.82, 2.24) is 4.90 Å². The third-order valence-electron chi connectivity index (χ3n) is 3.99. The molecule has 1 amide bonds. The molecular formula is C21H25NO4. The summed E-state index contributed by atoms with van der Waals surface area (Å²) in [5.41, 5.74) is 1.70. The lowest BCUT2D eigenvalue weighted by Gasteiger charge is -2.17. The number of rotatable bonds is 7. The van der Waals surface area contributed by atoms with E-state index >= 15 is 0 Å². The van der Waals surface area contributed by atoms with E-state index in [9.17, 15) is 9.59 Å². The van der Waals surface area contributed by atoms with Crippen molar-refractivity contribution in [3.63, 3.8) is 0 Å². The summed E-state index contributed by atoms with van der Waals surface area (Å²) in [6.45, 7) is 7.07. The predicted molar refractivity (Wildman–Crippen MR) is 101 cm³/mol. The summed E-state index contributed by atoms with van der Waals surface area (Å²) < 4.78 is 10.6. The largest absolute Gasteiger partial charge is 0.423 e. The van der Waals surface area contributed by atoms with Gasteiger partial charge in [-0.25, -0.2) is 9.59 Å². The summed E-state index contributed by atoms with van der Waals surface area (Å²) in [5, 5.41) is 0. The van der Waals surface area contributed by atoms with Crippen molar-refractivity contribution >= 4 is 12.1 Å². The minimum absolute atomic E-state index is 0.396. The van der Waals surface area contributed by atoms with Gasteiger partial charge in [-0.15, -0.1) is 0 Å². The SMILES string of the molecule is CCCc1ccc(C(=O)Oc2ccc(OC(=O)N(CC)CC)cc2)cc1. The molecule has 0 N–H and O–H groups in total. The van der Waals surface area contributed by atoms with Gasteiger partial charge in [-0.3, -0.25) is 0 Å². The fourth-order valence-corrected chi connectivity index (χ4v) is 2.49. The van der Waals surface area contributed by atoms with Gasteiger partial charge in [0, 0.05) is 13.1 Å². The molecule has 0 aromatic heterocycles. The Bertz CT molecular complexity index is 719. The minimum Gasteiger partial charge on any atom is -0.423 e. The van der Waals surface area contributed by atoms with Crippen LogP contribution < -0.4 is 9.47 Å². The number of amides is 1. The van der Waals surface area contributed by atoms with E-state index < -0.39 is 12.1 Å². The lowest BCUT2D eigenvalue weighted by Crippen LogP contribution is -2.33. The van der Waals surface area contributed by atoms with Gasteiger partial charge in [0.15, 0.2) is 0 Å². The summed E-state index contributed by atoms with van der Waals surface area (Å²) in [5.74, 6) is 0.391. The van der Waals surface area contributed by atoms with Crippen LogP contribution in [0, 0.1) is 0 Å². The van der Waals surface area contributed by atoms with Crippen molar-refractivity contribution in [2.24, 2.45) is 0 Å². The fraction of sp³-hybridized carbons (Fsp3) is 0.333. The van der Waals surface area contributed by atoms with Gasteiger partial charge in [-0.05, 0) is 62.2 Å². The molecule has 0 atom stereocenters. The molecule has 0 heterocycles. The molecule has 2 rings (SSSR count). The predicted octanol–water partition coefficient (Wildman–Crippen LogP) is 4.70. The lowest BCUT2D eigenvalue weighted by molar-refractivity contribution is 0.0734. The number of nitrogens with zero attached hydrogens (tertiary/aromatic N) is 1. The third-order valence-corrected chi connectivity index (χ3v) is 3.99. The molecule has 0 bridgehead atoms. The van der Waals surface area contributed by atoms with Crippen molar-refractivity contribution in [3.8, 4) is 11.5 Å². The van der Waals surface area contributed by atoms with Crippen LogP contribution in [0.4, 0.5) is 4.79 Å². The maximum atomic E-state index is 12.2. The molecule has 2 aromatic carbocycles. The molecule has 26 heavy (non-hydrogen) atoms. The Morgan fingerprint density at radius 1 is 0.808 bits per heavy atom. The highest BCUT2D eigenvalue weighted by atomic mass is 16.6. The van der Waals surface area contributed by atoms with Crippen LogP contribution >= 0.6 is 0 Å². The van der Waals surface area contributed by atoms with Gasteiger partial charge >= 0.3 is 12.1 Å². The zero-order valence-corrected chi connectivity index (χ0v) is 15.5. The quantitative estimate of drug-likeness (QED) is 0.534. The van der Waals surface area contributed by atoms with E-state index in [2.05, 4.69) is 6.92 Å². The topological polar surface area (TPSA) is 55.8 Å². The van der Waals surface area contributed by atoms with Crippen molar-refractivity contribution in [2.75, 3.05) is 13.1 Å². The number of carbonyl (C=O) groups excluding carboxylic acids is 2. The van der Waals surface area contributed by atoms with Crippen LogP contribution in [0.5, 0.6) is 11.5 Å². The number of esters is 1. The molecule has 0 aliphatic heterocycles. The standard InChI is InChI=1S/C21H25NO4/c1-4-7-16-8-10-17(11-9-16)20(23)25-18-12-14-19(15-13-18)26-21(24)22(5-2)6-3/h8-15H,4-7H2,1-3H3. The molecular weight excluding hydrogens is 330 g/mol. The van der Waals surface area contributed by atoms with Crippen LogP contribution in [0.25, 0.3) is 0 Å². The first-order valence-corrected chi connectivity index (χ1v) is 8.95. The van der Waals surface area contributed by atoms with Crippen molar-refractivity contribution in [3.05, 3.63) is 59.7 Å². The van der Waals surface area contributed by atoms with Gasteiger partial charge in [-0.1, -0.05) is 25.5 Å². The number of hydrogen-bond acceptors (Lipinski definition) is 4. The third kappa shape index (κ3) is 5.34. The van der Waals surface area contributed by atoms with Crippen LogP contribution in [0.15, 0.2) is 48.5 Å². The van der Waals surface area contributed by atoms with E-state index in [1.165, 1.54) is 5.56 Å². The molecule has 0 aliphatic carbocycles. The van der Waals surface area contributed by atoms with Gasteiger partial charge in [-0.2, -0.15) is 0 Å². The molecule has 0 fully saturated rings. The second kappa shape index (κ2) is 9.61. The average Bonchev–Trinajstić information content (AvgIpc) is 2.65. The van der Waals surface area contributed by atoms with E-state index in [1.54, 1.807) is 41.3 Å². The van der Waals surface area contributed by atoms with Crippen LogP contribution in [-0.2, 0) is 6.42 Å². The first-order chi connectivity index (χ1) is 12.6. The highest BCUT2D eigenvalue weighted by molar-refractivity contribution is 5.91. The Hall–Kier alpha value is -2.82. The summed E-state index contributed by atoms with van der Waals surface area (Å²) in [7, 11) is 0. The van der Waals surface area contributed by atoms with E-state index in [4.69, 9.17) is 9.47 Å². The summed E-state index contributed by atoms with van der Waals surface area (Å²) in [6, 6.07) is 13.8. The first kappa shape index (κ1) is 19.5. The molecule has 5 heteroatoms. The maximum absolute atomic E-state index is 12.2. The van der Waals surface area contributed by atoms with Crippen molar-refractivity contribution in [2.45, 2.75) is 33.6 Å². The van der Waals surface area contributed by atoms with E-state index in [0.717, 1.165) is 12.8 Å². The lowest BCUT2D eigenvalue weighted by atomic mass is 10.1.